The van der Waals surface area contributed by atoms with E-state index in [0.717, 1.165) is 19.6 Å². The van der Waals surface area contributed by atoms with Crippen molar-refractivity contribution in [2.75, 3.05) is 26.7 Å². The zero-order valence-corrected chi connectivity index (χ0v) is 16.5. The van der Waals surface area contributed by atoms with E-state index in [9.17, 15) is 8.42 Å². The van der Waals surface area contributed by atoms with Crippen LogP contribution >= 0.6 is 0 Å². The average molecular weight is 383 g/mol. The molecule has 0 aromatic carbocycles. The van der Waals surface area contributed by atoms with Gasteiger partial charge in [0.15, 0.2) is 5.82 Å². The molecule has 2 aromatic rings. The predicted octanol–water partition coefficient (Wildman–Crippen LogP) is 0.0355. The second-order valence-corrected chi connectivity index (χ2v) is 8.31. The molecule has 10 nitrogen and oxygen atoms in total. The Morgan fingerprint density at radius 2 is 2.08 bits per heavy atom. The Kier molecular flexibility index (Phi) is 5.15. The third-order valence-electron chi connectivity index (χ3n) is 4.68. The Hall–Kier alpha value is -1.82. The van der Waals surface area contributed by atoms with E-state index in [1.165, 1.54) is 0 Å². The number of hydrogen-bond donors (Lipinski definition) is 2. The molecule has 2 aromatic heterocycles. The summed E-state index contributed by atoms with van der Waals surface area (Å²) in [6.45, 7) is 7.59. The first-order valence-electron chi connectivity index (χ1n) is 8.47. The maximum absolute atomic E-state index is 12.8. The molecular weight excluding hydrogens is 358 g/mol. The fourth-order valence-electron chi connectivity index (χ4n) is 3.14. The maximum Gasteiger partial charge on any atom is 0.244 e. The fraction of sp³-hybridized carbons (Fsp3) is 0.667. The number of aromatic nitrogens is 4. The van der Waals surface area contributed by atoms with Crippen LogP contribution in [0.1, 0.15) is 42.1 Å². The summed E-state index contributed by atoms with van der Waals surface area (Å²) in [7, 11) is -0.0447. The molecule has 1 aliphatic heterocycles. The van der Waals surface area contributed by atoms with Crippen molar-refractivity contribution in [3.8, 4) is 0 Å². The third-order valence-corrected chi connectivity index (χ3v) is 6.47. The first kappa shape index (κ1) is 19.0. The maximum atomic E-state index is 12.8. The molecule has 0 amide bonds. The van der Waals surface area contributed by atoms with Crippen LogP contribution in [0, 0.1) is 13.8 Å². The lowest BCUT2D eigenvalue weighted by Gasteiger charge is -2.30. The highest BCUT2D eigenvalue weighted by atomic mass is 32.2. The van der Waals surface area contributed by atoms with Gasteiger partial charge in [0.25, 0.3) is 0 Å². The van der Waals surface area contributed by atoms with Crippen LogP contribution in [0.3, 0.4) is 0 Å². The van der Waals surface area contributed by atoms with Crippen molar-refractivity contribution in [1.29, 1.82) is 0 Å². The van der Waals surface area contributed by atoms with Gasteiger partial charge in [-0.2, -0.15) is 14.8 Å². The lowest BCUT2D eigenvalue weighted by Crippen LogP contribution is -2.44. The average Bonchev–Trinajstić information content (AvgIpc) is 3.13. The molecule has 2 N–H and O–H groups in total. The summed E-state index contributed by atoms with van der Waals surface area (Å²) in [6, 6.07) is -0.644. The van der Waals surface area contributed by atoms with Crippen molar-refractivity contribution in [1.82, 2.24) is 34.9 Å². The van der Waals surface area contributed by atoms with Crippen LogP contribution in [0.5, 0.6) is 0 Å². The first-order valence-corrected chi connectivity index (χ1v) is 9.96. The Balaban J connectivity index is 1.79. The van der Waals surface area contributed by atoms with E-state index in [-0.39, 0.29) is 16.8 Å². The van der Waals surface area contributed by atoms with Crippen molar-refractivity contribution in [3.63, 3.8) is 0 Å². The van der Waals surface area contributed by atoms with Gasteiger partial charge in [-0.15, -0.1) is 0 Å². The molecule has 1 fully saturated rings. The van der Waals surface area contributed by atoms with Gasteiger partial charge < -0.3 is 9.84 Å². The van der Waals surface area contributed by atoms with Crippen LogP contribution in [-0.2, 0) is 17.1 Å². The number of likely N-dealkylation sites (N-methyl/N-ethyl adjacent to an activating group) is 1. The van der Waals surface area contributed by atoms with E-state index < -0.39 is 16.1 Å². The Labute approximate surface area is 153 Å². The van der Waals surface area contributed by atoms with Gasteiger partial charge in [-0.1, -0.05) is 5.16 Å². The lowest BCUT2D eigenvalue weighted by atomic mass is 10.2. The lowest BCUT2D eigenvalue weighted by molar-refractivity contribution is 0.190. The standard InChI is InChI=1S/C15H25N7O3S/c1-9-13(11(3)22(5)18-9)26(23,24)20-10(2)15-17-14(19-25-15)12-8-16-6-7-21(12)4/h10,12,16,20H,6-8H2,1-5H3. The van der Waals surface area contributed by atoms with Crippen molar-refractivity contribution >= 4 is 10.0 Å². The Bertz CT molecular complexity index is 889. The molecule has 0 spiro atoms. The van der Waals surface area contributed by atoms with E-state index in [0.29, 0.717) is 17.2 Å². The number of nitrogens with one attached hydrogen (secondary N) is 2. The zero-order chi connectivity index (χ0) is 19.1. The zero-order valence-electron chi connectivity index (χ0n) is 15.6. The Morgan fingerprint density at radius 3 is 2.69 bits per heavy atom. The Morgan fingerprint density at radius 1 is 1.35 bits per heavy atom. The number of rotatable bonds is 5. The van der Waals surface area contributed by atoms with Gasteiger partial charge in [-0.3, -0.25) is 9.58 Å². The topological polar surface area (TPSA) is 118 Å². The SMILES string of the molecule is Cc1nn(C)c(C)c1S(=O)(=O)NC(C)c1nc(C2CNCCN2C)no1. The normalized spacial score (nSPS) is 20.4. The van der Waals surface area contributed by atoms with Gasteiger partial charge in [0.2, 0.25) is 15.9 Å². The van der Waals surface area contributed by atoms with Crippen molar-refractivity contribution < 1.29 is 12.9 Å². The van der Waals surface area contributed by atoms with E-state index in [4.69, 9.17) is 4.52 Å². The number of hydrogen-bond acceptors (Lipinski definition) is 8. The molecule has 1 aliphatic rings. The predicted molar refractivity (Wildman–Crippen MR) is 94.0 cm³/mol. The molecule has 2 atom stereocenters. The number of aryl methyl sites for hydroxylation is 2. The third kappa shape index (κ3) is 3.52. The summed E-state index contributed by atoms with van der Waals surface area (Å²) >= 11 is 0. The van der Waals surface area contributed by atoms with Crippen LogP contribution in [0.2, 0.25) is 0 Å². The molecular formula is C15H25N7O3S. The summed E-state index contributed by atoms with van der Waals surface area (Å²) in [6.07, 6.45) is 0. The quantitative estimate of drug-likeness (QED) is 0.743. The molecule has 2 unspecified atom stereocenters. The molecule has 11 heteroatoms. The van der Waals surface area contributed by atoms with Crippen LogP contribution < -0.4 is 10.0 Å². The summed E-state index contributed by atoms with van der Waals surface area (Å²) in [5.41, 5.74) is 1.02. The van der Waals surface area contributed by atoms with Crippen molar-refractivity contribution in [3.05, 3.63) is 23.1 Å². The molecule has 0 bridgehead atoms. The molecule has 26 heavy (non-hydrogen) atoms. The minimum Gasteiger partial charge on any atom is -0.338 e. The first-order chi connectivity index (χ1) is 12.2. The number of piperazine rings is 1. The van der Waals surface area contributed by atoms with Gasteiger partial charge in [0.05, 0.1) is 23.5 Å². The second-order valence-electron chi connectivity index (χ2n) is 6.66. The second kappa shape index (κ2) is 7.06. The highest BCUT2D eigenvalue weighted by Gasteiger charge is 2.30. The highest BCUT2D eigenvalue weighted by Crippen LogP contribution is 2.23. The van der Waals surface area contributed by atoms with Gasteiger partial charge in [0, 0.05) is 26.7 Å². The number of nitrogens with zero attached hydrogens (tertiary/aromatic N) is 5. The molecule has 0 aliphatic carbocycles. The molecule has 1 saturated heterocycles. The molecule has 144 valence electrons. The smallest absolute Gasteiger partial charge is 0.244 e. The minimum atomic E-state index is -3.76. The number of sulfonamides is 1. The summed E-state index contributed by atoms with van der Waals surface area (Å²) in [5.74, 6) is 0.788. The van der Waals surface area contributed by atoms with Gasteiger partial charge >= 0.3 is 0 Å². The summed E-state index contributed by atoms with van der Waals surface area (Å²) in [4.78, 5) is 6.73. The van der Waals surface area contributed by atoms with E-state index in [1.807, 2.05) is 7.05 Å². The van der Waals surface area contributed by atoms with Gasteiger partial charge in [-0.05, 0) is 27.8 Å². The fourth-order valence-corrected chi connectivity index (χ4v) is 4.77. The summed E-state index contributed by atoms with van der Waals surface area (Å²) < 4.78 is 35.0. The molecule has 3 heterocycles. The van der Waals surface area contributed by atoms with Crippen molar-refractivity contribution in [2.45, 2.75) is 37.8 Å². The largest absolute Gasteiger partial charge is 0.338 e. The summed E-state index contributed by atoms with van der Waals surface area (Å²) in [5, 5.41) is 11.5. The van der Waals surface area contributed by atoms with Crippen LogP contribution in [-0.4, -0.2) is 59.9 Å². The van der Waals surface area contributed by atoms with Gasteiger partial charge in [-0.25, -0.2) is 8.42 Å². The van der Waals surface area contributed by atoms with Crippen LogP contribution in [0.15, 0.2) is 9.42 Å². The van der Waals surface area contributed by atoms with Gasteiger partial charge in [0.1, 0.15) is 4.90 Å². The minimum absolute atomic E-state index is 0.00729. The van der Waals surface area contributed by atoms with Crippen LogP contribution in [0.25, 0.3) is 0 Å². The van der Waals surface area contributed by atoms with E-state index in [2.05, 4.69) is 30.2 Å². The highest BCUT2D eigenvalue weighted by molar-refractivity contribution is 7.89. The molecule has 0 radical (unpaired) electrons. The van der Waals surface area contributed by atoms with E-state index >= 15 is 0 Å². The molecule has 3 rings (SSSR count). The molecule has 0 saturated carbocycles. The van der Waals surface area contributed by atoms with E-state index in [1.54, 1.807) is 32.5 Å². The van der Waals surface area contributed by atoms with Crippen LogP contribution in [0.4, 0.5) is 0 Å². The van der Waals surface area contributed by atoms with Crippen molar-refractivity contribution in [2.24, 2.45) is 7.05 Å². The monoisotopic (exact) mass is 383 g/mol.